The lowest BCUT2D eigenvalue weighted by Gasteiger charge is -2.42. The Morgan fingerprint density at radius 3 is 2.53 bits per heavy atom. The van der Waals surface area contributed by atoms with Gasteiger partial charge in [-0.3, -0.25) is 14.3 Å². The van der Waals surface area contributed by atoms with E-state index in [9.17, 15) is 19.1 Å². The van der Waals surface area contributed by atoms with Gasteiger partial charge in [0.1, 0.15) is 5.75 Å². The first kappa shape index (κ1) is 39.2. The number of aryl methyl sites for hydroxylation is 1. The van der Waals surface area contributed by atoms with Gasteiger partial charge in [0.05, 0.1) is 12.7 Å². The monoisotopic (exact) mass is 717 g/mol. The number of amides is 2. The Morgan fingerprint density at radius 1 is 1.18 bits per heavy atom. The fourth-order valence-corrected chi connectivity index (χ4v) is 7.24. The zero-order chi connectivity index (χ0) is 35.6. The van der Waals surface area contributed by atoms with Gasteiger partial charge in [0, 0.05) is 51.7 Å². The van der Waals surface area contributed by atoms with Crippen molar-refractivity contribution >= 4 is 35.4 Å². The molecule has 0 saturated heterocycles. The molecule has 2 fully saturated rings. The van der Waals surface area contributed by atoms with Gasteiger partial charge in [0.15, 0.2) is 11.1 Å². The summed E-state index contributed by atoms with van der Waals surface area (Å²) in [5.41, 5.74) is 2.86. The molecule has 0 radical (unpaired) electrons. The van der Waals surface area contributed by atoms with Crippen LogP contribution in [0.3, 0.4) is 0 Å². The Labute approximate surface area is 300 Å². The largest absolute Gasteiger partial charge is 0.493 e. The summed E-state index contributed by atoms with van der Waals surface area (Å²) in [4.78, 5) is 28.0. The molecular weight excluding hydrogens is 665 g/mol. The molecule has 2 aromatic carbocycles. The lowest BCUT2D eigenvalue weighted by Crippen LogP contribution is -2.43. The van der Waals surface area contributed by atoms with Crippen molar-refractivity contribution in [1.82, 2.24) is 14.5 Å². The molecule has 4 rings (SSSR count). The van der Waals surface area contributed by atoms with E-state index in [1.165, 1.54) is 11.1 Å². The highest BCUT2D eigenvalue weighted by molar-refractivity contribution is 7.99. The van der Waals surface area contributed by atoms with Crippen LogP contribution in [-0.2, 0) is 20.7 Å². The summed E-state index contributed by atoms with van der Waals surface area (Å²) >= 11 is 7.16. The molecule has 0 aliphatic heterocycles. The lowest BCUT2D eigenvalue weighted by atomic mass is 9.70. The maximum absolute atomic E-state index is 13.9. The Bertz CT molecular complexity index is 1410. The van der Waals surface area contributed by atoms with E-state index in [4.69, 9.17) is 21.1 Å². The van der Waals surface area contributed by atoms with Crippen LogP contribution in [0.25, 0.3) is 0 Å². The molecule has 5 atom stereocenters. The molecule has 8 nitrogen and oxygen atoms in total. The van der Waals surface area contributed by atoms with E-state index in [0.29, 0.717) is 49.1 Å². The molecule has 2 N–H and O–H groups in total. The van der Waals surface area contributed by atoms with Crippen LogP contribution in [0.15, 0.2) is 54.6 Å². The molecule has 11 heteroatoms. The smallest absolute Gasteiger partial charge is 0.263 e. The van der Waals surface area contributed by atoms with Gasteiger partial charge in [-0.2, -0.15) is 0 Å². The van der Waals surface area contributed by atoms with E-state index in [2.05, 4.69) is 47.9 Å². The highest BCUT2D eigenvalue weighted by atomic mass is 35.5. The van der Waals surface area contributed by atoms with Crippen molar-refractivity contribution in [3.8, 4) is 5.75 Å². The summed E-state index contributed by atoms with van der Waals surface area (Å²) in [7, 11) is 5.76. The highest BCUT2D eigenvalue weighted by Crippen LogP contribution is 2.48. The van der Waals surface area contributed by atoms with Gasteiger partial charge < -0.3 is 24.4 Å². The van der Waals surface area contributed by atoms with Crippen LogP contribution >= 0.6 is 23.5 Å². The van der Waals surface area contributed by atoms with E-state index in [1.54, 1.807) is 43.2 Å². The molecule has 0 bridgehead atoms. The number of aliphatic hydroxyl groups is 1. The summed E-state index contributed by atoms with van der Waals surface area (Å²) in [6, 6.07) is 13.0. The highest BCUT2D eigenvalue weighted by Gasteiger charge is 2.45. The number of hydrogen-bond acceptors (Lipinski definition) is 7. The lowest BCUT2D eigenvalue weighted by molar-refractivity contribution is -0.128. The van der Waals surface area contributed by atoms with Crippen LogP contribution in [0.1, 0.15) is 81.1 Å². The Hall–Kier alpha value is -2.63. The molecule has 2 aliphatic rings. The third kappa shape index (κ3) is 11.7. The standard InChI is InChI=1S/C38H53ClFN3O5S/c1-6-9-28-22-31(39)14-18-33(28)30(25-48-32-15-11-27(12-16-32)36(45)37(46)41-49-38(40)19-20-38)24-42(3)23-29-13-17-34(29)35(47-5)10-7-8-21-43(4)26(2)44/h7,10-12,14-16,18,22,29-30,34-36,45H,6,8-9,13,17,19-21,23-25H2,1-5H3,(H,41,46)/b10-7+. The average molecular weight is 718 g/mol. The van der Waals surface area contributed by atoms with Crippen molar-refractivity contribution in [2.45, 2.75) is 81.9 Å². The maximum atomic E-state index is 13.9. The van der Waals surface area contributed by atoms with Crippen LogP contribution < -0.4 is 9.46 Å². The zero-order valence-electron chi connectivity index (χ0n) is 29.5. The molecule has 2 aromatic rings. The number of halogens is 2. The van der Waals surface area contributed by atoms with E-state index < -0.39 is 17.0 Å². The average Bonchev–Trinajstić information content (AvgIpc) is 3.82. The second kappa shape index (κ2) is 18.6. The van der Waals surface area contributed by atoms with Crippen LogP contribution in [0, 0.1) is 11.8 Å². The minimum atomic E-state index is -1.40. The van der Waals surface area contributed by atoms with Crippen molar-refractivity contribution < 1.29 is 28.6 Å². The fraction of sp³-hybridized carbons (Fsp3) is 0.579. The van der Waals surface area contributed by atoms with Crippen molar-refractivity contribution in [1.29, 1.82) is 0 Å². The number of nitrogens with zero attached hydrogens (tertiary/aromatic N) is 2. The van der Waals surface area contributed by atoms with Crippen LogP contribution in [-0.4, -0.2) is 85.3 Å². The number of alkyl halides is 1. The minimum absolute atomic E-state index is 0.0474. The number of carbonyl (C=O) groups excluding carboxylic acids is 2. The topological polar surface area (TPSA) is 91.3 Å². The summed E-state index contributed by atoms with van der Waals surface area (Å²) in [6.07, 6.45) is 8.76. The number of aliphatic hydroxyl groups excluding tert-OH is 1. The van der Waals surface area contributed by atoms with Crippen LogP contribution in [0.4, 0.5) is 4.39 Å². The van der Waals surface area contributed by atoms with Gasteiger partial charge in [-0.1, -0.05) is 55.3 Å². The summed E-state index contributed by atoms with van der Waals surface area (Å²) in [6.45, 7) is 6.60. The third-order valence-corrected chi connectivity index (χ3v) is 11.0. The Balaban J connectivity index is 1.38. The molecule has 270 valence electrons. The third-order valence-electron chi connectivity index (χ3n) is 9.68. The number of methoxy groups -OCH3 is 1. The second-order valence-electron chi connectivity index (χ2n) is 13.6. The Kier molecular flexibility index (Phi) is 14.8. The zero-order valence-corrected chi connectivity index (χ0v) is 31.1. The molecule has 49 heavy (non-hydrogen) atoms. The van der Waals surface area contributed by atoms with Crippen molar-refractivity contribution in [3.05, 3.63) is 76.3 Å². The predicted octanol–water partition coefficient (Wildman–Crippen LogP) is 7.11. The number of nitrogens with one attached hydrogen (secondary N) is 1. The number of likely N-dealkylation sites (N-methyl/N-ethyl adjacent to an activating group) is 1. The van der Waals surface area contributed by atoms with Gasteiger partial charge >= 0.3 is 0 Å². The van der Waals surface area contributed by atoms with E-state index in [0.717, 1.165) is 62.2 Å². The van der Waals surface area contributed by atoms with Gasteiger partial charge in [0.2, 0.25) is 5.91 Å². The van der Waals surface area contributed by atoms with Crippen molar-refractivity contribution in [3.63, 3.8) is 0 Å². The first-order valence-electron chi connectivity index (χ1n) is 17.4. The van der Waals surface area contributed by atoms with Crippen LogP contribution in [0.2, 0.25) is 5.02 Å². The molecule has 2 saturated carbocycles. The molecule has 0 heterocycles. The normalized spacial score (nSPS) is 20.0. The van der Waals surface area contributed by atoms with Gasteiger partial charge in [-0.05, 0) is 110 Å². The SMILES string of the molecule is CCCc1cc(Cl)ccc1C(COc1ccc(C(O)C(=O)NSC2(F)CC2)cc1)CN(C)CC1CCC1C(/C=C/CCN(C)C(C)=O)OC. The molecule has 0 aromatic heterocycles. The number of benzene rings is 2. The molecule has 2 aliphatic carbocycles. The van der Waals surface area contributed by atoms with Gasteiger partial charge in [0.25, 0.3) is 5.91 Å². The molecule has 5 unspecified atom stereocenters. The summed E-state index contributed by atoms with van der Waals surface area (Å²) < 4.78 is 28.6. The van der Waals surface area contributed by atoms with E-state index >= 15 is 0 Å². The summed E-state index contributed by atoms with van der Waals surface area (Å²) in [5, 5.41) is 9.81. The number of hydrogen-bond donors (Lipinski definition) is 2. The Morgan fingerprint density at radius 2 is 1.92 bits per heavy atom. The molecular formula is C38H53ClFN3O5S. The van der Waals surface area contributed by atoms with E-state index in [1.807, 2.05) is 13.1 Å². The van der Waals surface area contributed by atoms with Crippen LogP contribution in [0.5, 0.6) is 5.75 Å². The number of rotatable bonds is 20. The second-order valence-corrected chi connectivity index (χ2v) is 15.2. The maximum Gasteiger partial charge on any atom is 0.263 e. The minimum Gasteiger partial charge on any atom is -0.493 e. The first-order valence-corrected chi connectivity index (χ1v) is 18.6. The fourth-order valence-electron chi connectivity index (χ4n) is 6.35. The van der Waals surface area contributed by atoms with Crippen molar-refractivity contribution in [2.75, 3.05) is 47.4 Å². The quantitative estimate of drug-likeness (QED) is 0.112. The predicted molar refractivity (Wildman–Crippen MR) is 195 cm³/mol. The van der Waals surface area contributed by atoms with E-state index in [-0.39, 0.29) is 17.9 Å². The molecule has 2 amide bonds. The van der Waals surface area contributed by atoms with Gasteiger partial charge in [-0.25, -0.2) is 4.39 Å². The van der Waals surface area contributed by atoms with Gasteiger partial charge in [-0.15, -0.1) is 0 Å². The molecule has 0 spiro atoms. The first-order chi connectivity index (χ1) is 23.4. The number of ether oxygens (including phenoxy) is 2. The summed E-state index contributed by atoms with van der Waals surface area (Å²) in [5.74, 6) is 1.08. The number of carbonyl (C=O) groups is 2. The van der Waals surface area contributed by atoms with Crippen molar-refractivity contribution in [2.24, 2.45) is 11.8 Å².